The molecule has 3 N–H and O–H groups in total. The maximum absolute atomic E-state index is 10.2. The van der Waals surface area contributed by atoms with Crippen LogP contribution in [-0.4, -0.2) is 11.7 Å². The summed E-state index contributed by atoms with van der Waals surface area (Å²) in [6.45, 7) is 6.53. The van der Waals surface area contributed by atoms with Gasteiger partial charge >= 0.3 is 0 Å². The summed E-state index contributed by atoms with van der Waals surface area (Å²) >= 11 is 0. The van der Waals surface area contributed by atoms with Gasteiger partial charge in [0, 0.05) is 6.54 Å². The van der Waals surface area contributed by atoms with Gasteiger partial charge in [0.25, 0.3) is 0 Å². The van der Waals surface area contributed by atoms with Crippen LogP contribution in [0.5, 0.6) is 0 Å². The molecule has 0 radical (unpaired) electrons. The molecule has 1 aromatic carbocycles. The lowest BCUT2D eigenvalue weighted by atomic mass is 9.89. The van der Waals surface area contributed by atoms with Gasteiger partial charge in [-0.2, -0.15) is 0 Å². The molecular weight excluding hydrogens is 186 g/mol. The summed E-state index contributed by atoms with van der Waals surface area (Å²) in [5.74, 6) is 0.520. The van der Waals surface area contributed by atoms with Crippen LogP contribution in [0.3, 0.4) is 0 Å². The Morgan fingerprint density at radius 1 is 1.27 bits per heavy atom. The summed E-state index contributed by atoms with van der Waals surface area (Å²) in [4.78, 5) is 0. The van der Waals surface area contributed by atoms with Crippen molar-refractivity contribution in [2.75, 3.05) is 6.54 Å². The zero-order valence-electron chi connectivity index (χ0n) is 9.83. The normalized spacial score (nSPS) is 15.3. The molecular formula is C13H21NO. The van der Waals surface area contributed by atoms with Crippen molar-refractivity contribution < 1.29 is 5.11 Å². The van der Waals surface area contributed by atoms with E-state index in [-0.39, 0.29) is 6.54 Å². The molecule has 0 spiro atoms. The highest BCUT2D eigenvalue weighted by atomic mass is 16.3. The number of rotatable bonds is 4. The molecule has 0 heterocycles. The molecule has 1 atom stereocenters. The predicted molar refractivity (Wildman–Crippen MR) is 63.8 cm³/mol. The van der Waals surface area contributed by atoms with Crippen LogP contribution in [0.2, 0.25) is 0 Å². The lowest BCUT2D eigenvalue weighted by Crippen LogP contribution is -2.34. The van der Waals surface area contributed by atoms with Gasteiger partial charge in [0.2, 0.25) is 0 Å². The van der Waals surface area contributed by atoms with Crippen LogP contribution >= 0.6 is 0 Å². The van der Waals surface area contributed by atoms with Gasteiger partial charge in [0.05, 0.1) is 0 Å². The molecule has 1 rings (SSSR count). The zero-order chi connectivity index (χ0) is 11.5. The second kappa shape index (κ2) is 4.77. The fourth-order valence-corrected chi connectivity index (χ4v) is 1.64. The van der Waals surface area contributed by atoms with Gasteiger partial charge in [0.15, 0.2) is 0 Å². The van der Waals surface area contributed by atoms with Gasteiger partial charge in [0.1, 0.15) is 5.60 Å². The Balaban J connectivity index is 2.97. The summed E-state index contributed by atoms with van der Waals surface area (Å²) in [5.41, 5.74) is 6.93. The van der Waals surface area contributed by atoms with E-state index in [1.165, 1.54) is 5.56 Å². The quantitative estimate of drug-likeness (QED) is 0.796. The van der Waals surface area contributed by atoms with E-state index in [2.05, 4.69) is 26.0 Å². The van der Waals surface area contributed by atoms with Crippen molar-refractivity contribution in [1.82, 2.24) is 0 Å². The maximum Gasteiger partial charge on any atom is 0.102 e. The molecule has 0 aromatic heterocycles. The maximum atomic E-state index is 10.2. The Morgan fingerprint density at radius 3 is 2.13 bits per heavy atom. The van der Waals surface area contributed by atoms with E-state index in [1.807, 2.05) is 19.1 Å². The summed E-state index contributed by atoms with van der Waals surface area (Å²) < 4.78 is 0. The Labute approximate surface area is 92.1 Å². The first-order chi connectivity index (χ1) is 7.03. The molecule has 1 aromatic rings. The largest absolute Gasteiger partial charge is 0.384 e. The molecule has 84 valence electrons. The number of aliphatic hydroxyl groups is 1. The molecule has 0 aliphatic rings. The smallest absolute Gasteiger partial charge is 0.102 e. The summed E-state index contributed by atoms with van der Waals surface area (Å²) in [6.07, 6.45) is 0.643. The molecule has 2 nitrogen and oxygen atoms in total. The highest BCUT2D eigenvalue weighted by molar-refractivity contribution is 5.29. The van der Waals surface area contributed by atoms with Gasteiger partial charge in [-0.3, -0.25) is 0 Å². The molecule has 0 fully saturated rings. The highest BCUT2D eigenvalue weighted by Crippen LogP contribution is 2.25. The van der Waals surface area contributed by atoms with Crippen LogP contribution in [0.1, 0.15) is 44.2 Å². The van der Waals surface area contributed by atoms with Crippen LogP contribution in [-0.2, 0) is 5.60 Å². The Bertz CT molecular complexity index is 299. The third-order valence-electron chi connectivity index (χ3n) is 3.04. The third-order valence-corrected chi connectivity index (χ3v) is 3.04. The molecule has 1 unspecified atom stereocenters. The Morgan fingerprint density at radius 2 is 1.80 bits per heavy atom. The van der Waals surface area contributed by atoms with Crippen molar-refractivity contribution in [2.24, 2.45) is 5.73 Å². The van der Waals surface area contributed by atoms with Crippen molar-refractivity contribution in [3.8, 4) is 0 Å². The minimum Gasteiger partial charge on any atom is -0.384 e. The zero-order valence-corrected chi connectivity index (χ0v) is 9.83. The number of benzene rings is 1. The Kier molecular flexibility index (Phi) is 3.89. The van der Waals surface area contributed by atoms with Crippen LogP contribution in [0, 0.1) is 0 Å². The van der Waals surface area contributed by atoms with Gasteiger partial charge in [-0.05, 0) is 23.5 Å². The van der Waals surface area contributed by atoms with Crippen molar-refractivity contribution >= 4 is 0 Å². The average molecular weight is 207 g/mol. The van der Waals surface area contributed by atoms with Crippen LogP contribution in [0.4, 0.5) is 0 Å². The molecule has 0 amide bonds. The number of hydrogen-bond donors (Lipinski definition) is 2. The standard InChI is InChI=1S/C13H21NO/c1-4-13(15,9-14)12-7-5-11(6-8-12)10(2)3/h5-8,10,15H,4,9,14H2,1-3H3. The van der Waals surface area contributed by atoms with Crippen molar-refractivity contribution in [1.29, 1.82) is 0 Å². The van der Waals surface area contributed by atoms with E-state index in [0.29, 0.717) is 12.3 Å². The van der Waals surface area contributed by atoms with Crippen LogP contribution in [0.15, 0.2) is 24.3 Å². The van der Waals surface area contributed by atoms with Gasteiger partial charge in [-0.25, -0.2) is 0 Å². The molecule has 0 saturated heterocycles. The second-order valence-electron chi connectivity index (χ2n) is 4.37. The highest BCUT2D eigenvalue weighted by Gasteiger charge is 2.24. The molecule has 0 aliphatic carbocycles. The minimum absolute atomic E-state index is 0.268. The van der Waals surface area contributed by atoms with E-state index >= 15 is 0 Å². The fourth-order valence-electron chi connectivity index (χ4n) is 1.64. The van der Waals surface area contributed by atoms with Crippen molar-refractivity contribution in [3.63, 3.8) is 0 Å². The van der Waals surface area contributed by atoms with E-state index in [1.54, 1.807) is 0 Å². The summed E-state index contributed by atoms with van der Waals surface area (Å²) in [5, 5.41) is 10.2. The molecule has 15 heavy (non-hydrogen) atoms. The van der Waals surface area contributed by atoms with Gasteiger partial charge in [-0.1, -0.05) is 45.0 Å². The molecule has 2 heteroatoms. The lowest BCUT2D eigenvalue weighted by molar-refractivity contribution is 0.0418. The first-order valence-corrected chi connectivity index (χ1v) is 5.56. The molecule has 0 aliphatic heterocycles. The molecule has 0 bridgehead atoms. The second-order valence-corrected chi connectivity index (χ2v) is 4.37. The van der Waals surface area contributed by atoms with Gasteiger partial charge < -0.3 is 10.8 Å². The van der Waals surface area contributed by atoms with Crippen molar-refractivity contribution in [2.45, 2.75) is 38.7 Å². The fraction of sp³-hybridized carbons (Fsp3) is 0.538. The topological polar surface area (TPSA) is 46.2 Å². The van der Waals surface area contributed by atoms with E-state index in [0.717, 1.165) is 5.56 Å². The van der Waals surface area contributed by atoms with Gasteiger partial charge in [-0.15, -0.1) is 0 Å². The summed E-state index contributed by atoms with van der Waals surface area (Å²) in [7, 11) is 0. The number of hydrogen-bond acceptors (Lipinski definition) is 2. The van der Waals surface area contributed by atoms with E-state index in [4.69, 9.17) is 5.73 Å². The lowest BCUT2D eigenvalue weighted by Gasteiger charge is -2.25. The van der Waals surface area contributed by atoms with Crippen LogP contribution in [0.25, 0.3) is 0 Å². The SMILES string of the molecule is CCC(O)(CN)c1ccc(C(C)C)cc1. The number of nitrogens with two attached hydrogens (primary N) is 1. The predicted octanol–water partition coefficient (Wildman–Crippen LogP) is 2.37. The Hall–Kier alpha value is -0.860. The average Bonchev–Trinajstić information content (AvgIpc) is 2.28. The first-order valence-electron chi connectivity index (χ1n) is 5.56. The molecule has 0 saturated carbocycles. The van der Waals surface area contributed by atoms with E-state index < -0.39 is 5.60 Å². The summed E-state index contributed by atoms with van der Waals surface area (Å²) in [6, 6.07) is 8.09. The third kappa shape index (κ3) is 2.58. The van der Waals surface area contributed by atoms with E-state index in [9.17, 15) is 5.11 Å². The first kappa shape index (κ1) is 12.2. The minimum atomic E-state index is -0.866. The monoisotopic (exact) mass is 207 g/mol. The van der Waals surface area contributed by atoms with Crippen molar-refractivity contribution in [3.05, 3.63) is 35.4 Å². The van der Waals surface area contributed by atoms with Crippen LogP contribution < -0.4 is 5.73 Å².